The van der Waals surface area contributed by atoms with Gasteiger partial charge in [0.2, 0.25) is 0 Å². The highest BCUT2D eigenvalue weighted by Gasteiger charge is 2.43. The maximum absolute atomic E-state index is 12.5. The molecule has 1 spiro atoms. The number of aliphatic hydroxyl groups is 1. The normalized spacial score (nSPS) is 27.3. The van der Waals surface area contributed by atoms with Crippen LogP contribution in [-0.4, -0.2) is 79.0 Å². The molecule has 160 valence electrons. The van der Waals surface area contributed by atoms with Gasteiger partial charge in [0.1, 0.15) is 5.75 Å². The Morgan fingerprint density at radius 2 is 2.00 bits per heavy atom. The van der Waals surface area contributed by atoms with Gasteiger partial charge in [0.05, 0.1) is 18.8 Å². The van der Waals surface area contributed by atoms with Crippen LogP contribution in [0.15, 0.2) is 24.3 Å². The van der Waals surface area contributed by atoms with E-state index in [0.717, 1.165) is 77.2 Å². The summed E-state index contributed by atoms with van der Waals surface area (Å²) in [6.45, 7) is 7.27. The minimum Gasteiger partial charge on any atom is -0.484 e. The fourth-order valence-electron chi connectivity index (χ4n) is 4.95. The van der Waals surface area contributed by atoms with Gasteiger partial charge in [0.25, 0.3) is 5.91 Å². The predicted octanol–water partition coefficient (Wildman–Crippen LogP) is 2.23. The average molecular weight is 403 g/mol. The molecular formula is C23H34N2O4. The number of aryl methyl sites for hydroxylation is 1. The average Bonchev–Trinajstić information content (AvgIpc) is 3.10. The third-order valence-corrected chi connectivity index (χ3v) is 6.79. The quantitative estimate of drug-likeness (QED) is 0.818. The van der Waals surface area contributed by atoms with Crippen LogP contribution in [0.4, 0.5) is 0 Å². The van der Waals surface area contributed by atoms with E-state index in [1.807, 2.05) is 36.1 Å². The molecule has 3 aliphatic heterocycles. The number of benzene rings is 1. The first kappa shape index (κ1) is 20.6. The number of ether oxygens (including phenoxy) is 2. The van der Waals surface area contributed by atoms with Crippen molar-refractivity contribution in [2.45, 2.75) is 51.2 Å². The van der Waals surface area contributed by atoms with Gasteiger partial charge in [0, 0.05) is 26.2 Å². The topological polar surface area (TPSA) is 62.2 Å². The van der Waals surface area contributed by atoms with E-state index < -0.39 is 0 Å². The fraction of sp³-hybridized carbons (Fsp3) is 0.696. The summed E-state index contributed by atoms with van der Waals surface area (Å²) in [5.41, 5.74) is 1.40. The highest BCUT2D eigenvalue weighted by Crippen LogP contribution is 2.42. The molecule has 3 aliphatic rings. The van der Waals surface area contributed by atoms with Crippen LogP contribution in [-0.2, 0) is 9.53 Å². The molecule has 3 heterocycles. The number of rotatable bonds is 5. The lowest BCUT2D eigenvalue weighted by Gasteiger charge is -2.38. The number of nitrogens with zero attached hydrogens (tertiary/aromatic N) is 2. The number of amides is 1. The second-order valence-electron chi connectivity index (χ2n) is 9.18. The fourth-order valence-corrected chi connectivity index (χ4v) is 4.95. The van der Waals surface area contributed by atoms with E-state index in [0.29, 0.717) is 0 Å². The number of hydrogen-bond donors (Lipinski definition) is 1. The molecule has 3 fully saturated rings. The van der Waals surface area contributed by atoms with Crippen molar-refractivity contribution in [3.63, 3.8) is 0 Å². The molecule has 0 saturated carbocycles. The van der Waals surface area contributed by atoms with E-state index >= 15 is 0 Å². The summed E-state index contributed by atoms with van der Waals surface area (Å²) in [6.07, 6.45) is 5.14. The Labute approximate surface area is 173 Å². The second-order valence-corrected chi connectivity index (χ2v) is 9.18. The van der Waals surface area contributed by atoms with Crippen molar-refractivity contribution < 1.29 is 19.4 Å². The lowest BCUT2D eigenvalue weighted by molar-refractivity contribution is -0.135. The Morgan fingerprint density at radius 1 is 1.24 bits per heavy atom. The summed E-state index contributed by atoms with van der Waals surface area (Å²) in [5, 5.41) is 9.88. The third-order valence-electron chi connectivity index (χ3n) is 6.79. The summed E-state index contributed by atoms with van der Waals surface area (Å²) < 4.78 is 11.8. The molecule has 2 unspecified atom stereocenters. The summed E-state index contributed by atoms with van der Waals surface area (Å²) >= 11 is 0. The molecule has 1 N–H and O–H groups in total. The zero-order valence-electron chi connectivity index (χ0n) is 17.5. The number of aliphatic hydroxyl groups excluding tert-OH is 1. The first-order chi connectivity index (χ1) is 14.0. The minimum absolute atomic E-state index is 0.0678. The lowest BCUT2D eigenvalue weighted by Crippen LogP contribution is -2.45. The molecule has 0 bridgehead atoms. The molecule has 6 nitrogen and oxygen atoms in total. The second kappa shape index (κ2) is 9.02. The van der Waals surface area contributed by atoms with Gasteiger partial charge in [0.15, 0.2) is 6.61 Å². The van der Waals surface area contributed by atoms with E-state index in [2.05, 4.69) is 4.90 Å². The first-order valence-corrected chi connectivity index (χ1v) is 11.0. The zero-order chi connectivity index (χ0) is 20.3. The van der Waals surface area contributed by atoms with Crippen molar-refractivity contribution >= 4 is 5.91 Å². The van der Waals surface area contributed by atoms with Crippen LogP contribution in [0.25, 0.3) is 0 Å². The van der Waals surface area contributed by atoms with Gasteiger partial charge in [-0.3, -0.25) is 9.69 Å². The van der Waals surface area contributed by atoms with Crippen molar-refractivity contribution in [3.05, 3.63) is 29.8 Å². The molecule has 1 aromatic carbocycles. The molecule has 0 aliphatic carbocycles. The summed E-state index contributed by atoms with van der Waals surface area (Å²) in [4.78, 5) is 16.8. The Hall–Kier alpha value is -1.63. The summed E-state index contributed by atoms with van der Waals surface area (Å²) in [7, 11) is 0. The van der Waals surface area contributed by atoms with Crippen molar-refractivity contribution in [2.24, 2.45) is 5.41 Å². The van der Waals surface area contributed by atoms with Crippen molar-refractivity contribution in [2.75, 3.05) is 45.9 Å². The van der Waals surface area contributed by atoms with Crippen molar-refractivity contribution in [1.82, 2.24) is 9.80 Å². The summed E-state index contributed by atoms with van der Waals surface area (Å²) in [6, 6.07) is 7.80. The largest absolute Gasteiger partial charge is 0.484 e. The Morgan fingerprint density at radius 3 is 2.72 bits per heavy atom. The molecule has 2 atom stereocenters. The zero-order valence-corrected chi connectivity index (χ0v) is 17.5. The molecular weight excluding hydrogens is 368 g/mol. The third kappa shape index (κ3) is 5.30. The SMILES string of the molecule is Cc1ccc(OCC(=O)N2CCC3(CC2)COC(CN2CCCC(O)C2)C3)cc1. The van der Waals surface area contributed by atoms with Gasteiger partial charge in [-0.05, 0) is 63.1 Å². The molecule has 1 amide bonds. The van der Waals surface area contributed by atoms with Gasteiger partial charge >= 0.3 is 0 Å². The molecule has 6 heteroatoms. The molecule has 1 aromatic rings. The van der Waals surface area contributed by atoms with Gasteiger partial charge in [-0.25, -0.2) is 0 Å². The maximum atomic E-state index is 12.5. The number of β-amino-alcohol motifs (C(OH)–C–C–N with tert-alkyl or cyclic N) is 1. The first-order valence-electron chi connectivity index (χ1n) is 11.0. The van der Waals surface area contributed by atoms with Crippen LogP contribution in [0.1, 0.15) is 37.7 Å². The standard InChI is InChI=1S/C23H34N2O4/c1-18-4-6-20(7-5-18)28-16-22(27)25-11-8-23(9-12-25)13-21(29-17-23)15-24-10-2-3-19(26)14-24/h4-7,19,21,26H,2-3,8-17H2,1H3. The van der Waals surface area contributed by atoms with Crippen LogP contribution in [0.5, 0.6) is 5.75 Å². The number of carbonyl (C=O) groups is 1. The van der Waals surface area contributed by atoms with Crippen LogP contribution < -0.4 is 4.74 Å². The monoisotopic (exact) mass is 402 g/mol. The highest BCUT2D eigenvalue weighted by molar-refractivity contribution is 5.77. The van der Waals surface area contributed by atoms with E-state index in [1.54, 1.807) is 0 Å². The van der Waals surface area contributed by atoms with Gasteiger partial charge < -0.3 is 19.5 Å². The Bertz CT molecular complexity index is 685. The van der Waals surface area contributed by atoms with Crippen LogP contribution in [0.3, 0.4) is 0 Å². The van der Waals surface area contributed by atoms with Crippen LogP contribution >= 0.6 is 0 Å². The van der Waals surface area contributed by atoms with E-state index in [9.17, 15) is 9.90 Å². The van der Waals surface area contributed by atoms with E-state index in [-0.39, 0.29) is 30.1 Å². The Balaban J connectivity index is 1.20. The van der Waals surface area contributed by atoms with Gasteiger partial charge in [-0.2, -0.15) is 0 Å². The molecule has 0 radical (unpaired) electrons. The molecule has 0 aromatic heterocycles. The van der Waals surface area contributed by atoms with Crippen LogP contribution in [0, 0.1) is 12.3 Å². The van der Waals surface area contributed by atoms with Crippen LogP contribution in [0.2, 0.25) is 0 Å². The molecule has 4 rings (SSSR count). The lowest BCUT2D eigenvalue weighted by atomic mass is 9.76. The van der Waals surface area contributed by atoms with E-state index in [1.165, 1.54) is 5.56 Å². The highest BCUT2D eigenvalue weighted by atomic mass is 16.5. The number of hydrogen-bond acceptors (Lipinski definition) is 5. The van der Waals surface area contributed by atoms with Crippen molar-refractivity contribution in [3.8, 4) is 5.75 Å². The Kier molecular flexibility index (Phi) is 6.42. The number of likely N-dealkylation sites (tertiary alicyclic amines) is 2. The van der Waals surface area contributed by atoms with Gasteiger partial charge in [-0.1, -0.05) is 17.7 Å². The molecule has 29 heavy (non-hydrogen) atoms. The molecule has 3 saturated heterocycles. The minimum atomic E-state index is -0.185. The summed E-state index contributed by atoms with van der Waals surface area (Å²) in [5.74, 6) is 0.811. The maximum Gasteiger partial charge on any atom is 0.260 e. The van der Waals surface area contributed by atoms with Crippen molar-refractivity contribution in [1.29, 1.82) is 0 Å². The number of carbonyl (C=O) groups excluding carboxylic acids is 1. The van der Waals surface area contributed by atoms with Gasteiger partial charge in [-0.15, -0.1) is 0 Å². The number of piperidine rings is 2. The smallest absolute Gasteiger partial charge is 0.260 e. The predicted molar refractivity (Wildman–Crippen MR) is 111 cm³/mol. The van der Waals surface area contributed by atoms with E-state index in [4.69, 9.17) is 9.47 Å².